The smallest absolute Gasteiger partial charge is 0.273 e. The highest BCUT2D eigenvalue weighted by Gasteiger charge is 2.32. The standard InChI is InChI=1S/C11H16N2O3S/c1-13(10(14)9-6-17-8-12-9)7-11(15)2-4-16-5-3-11/h6,8,15H,2-5,7H2,1H3. The second kappa shape index (κ2) is 5.12. The number of carbonyl (C=O) groups excluding carboxylic acids is 1. The zero-order valence-electron chi connectivity index (χ0n) is 9.76. The van der Waals surface area contributed by atoms with E-state index in [9.17, 15) is 9.90 Å². The predicted molar refractivity (Wildman–Crippen MR) is 64.1 cm³/mol. The Morgan fingerprint density at radius 2 is 2.35 bits per heavy atom. The average molecular weight is 256 g/mol. The summed E-state index contributed by atoms with van der Waals surface area (Å²) >= 11 is 1.39. The van der Waals surface area contributed by atoms with Gasteiger partial charge in [0.25, 0.3) is 5.91 Å². The van der Waals surface area contributed by atoms with Gasteiger partial charge in [-0.25, -0.2) is 4.98 Å². The number of nitrogens with zero attached hydrogens (tertiary/aromatic N) is 2. The summed E-state index contributed by atoms with van der Waals surface area (Å²) in [4.78, 5) is 17.5. The van der Waals surface area contributed by atoms with Crippen molar-refractivity contribution in [3.63, 3.8) is 0 Å². The molecule has 17 heavy (non-hydrogen) atoms. The Morgan fingerprint density at radius 3 is 2.94 bits per heavy atom. The number of carbonyl (C=O) groups is 1. The van der Waals surface area contributed by atoms with Crippen LogP contribution in [0.2, 0.25) is 0 Å². The maximum absolute atomic E-state index is 11.9. The van der Waals surface area contributed by atoms with Gasteiger partial charge in [-0.05, 0) is 0 Å². The molecule has 2 rings (SSSR count). The van der Waals surface area contributed by atoms with E-state index in [1.807, 2.05) is 0 Å². The molecule has 0 atom stereocenters. The Hall–Kier alpha value is -0.980. The summed E-state index contributed by atoms with van der Waals surface area (Å²) < 4.78 is 5.21. The molecule has 94 valence electrons. The third kappa shape index (κ3) is 3.02. The van der Waals surface area contributed by atoms with Crippen molar-refractivity contribution in [1.82, 2.24) is 9.88 Å². The van der Waals surface area contributed by atoms with E-state index in [1.165, 1.54) is 16.2 Å². The zero-order chi connectivity index (χ0) is 12.3. The lowest BCUT2D eigenvalue weighted by atomic mass is 9.94. The number of rotatable bonds is 3. The summed E-state index contributed by atoms with van der Waals surface area (Å²) in [6.07, 6.45) is 1.14. The summed E-state index contributed by atoms with van der Waals surface area (Å²) in [5.41, 5.74) is 1.25. The Kier molecular flexibility index (Phi) is 3.76. The molecule has 0 radical (unpaired) electrons. The molecule has 6 heteroatoms. The van der Waals surface area contributed by atoms with Crippen molar-refractivity contribution in [3.8, 4) is 0 Å². The largest absolute Gasteiger partial charge is 0.388 e. The van der Waals surface area contributed by atoms with Crippen molar-refractivity contribution < 1.29 is 14.6 Å². The van der Waals surface area contributed by atoms with Gasteiger partial charge in [0, 0.05) is 45.0 Å². The predicted octanol–water partition coefficient (Wildman–Crippen LogP) is 0.757. The van der Waals surface area contributed by atoms with Crippen LogP contribution in [0.4, 0.5) is 0 Å². The fourth-order valence-corrected chi connectivity index (χ4v) is 2.46. The molecule has 2 heterocycles. The van der Waals surface area contributed by atoms with Crippen LogP contribution < -0.4 is 0 Å². The molecule has 5 nitrogen and oxygen atoms in total. The first kappa shape index (κ1) is 12.5. The van der Waals surface area contributed by atoms with Crippen LogP contribution >= 0.6 is 11.3 Å². The minimum atomic E-state index is -0.821. The van der Waals surface area contributed by atoms with E-state index in [0.717, 1.165) is 0 Å². The minimum Gasteiger partial charge on any atom is -0.388 e. The van der Waals surface area contributed by atoms with Gasteiger partial charge in [-0.3, -0.25) is 4.79 Å². The fraction of sp³-hybridized carbons (Fsp3) is 0.636. The Bertz CT molecular complexity index is 374. The van der Waals surface area contributed by atoms with Crippen LogP contribution in [0.25, 0.3) is 0 Å². The summed E-state index contributed by atoms with van der Waals surface area (Å²) in [5, 5.41) is 12.0. The van der Waals surface area contributed by atoms with E-state index in [0.29, 0.717) is 38.3 Å². The number of thiazole rings is 1. The van der Waals surface area contributed by atoms with Gasteiger partial charge in [-0.1, -0.05) is 0 Å². The van der Waals surface area contributed by atoms with Crippen LogP contribution in [0.5, 0.6) is 0 Å². The molecule has 1 fully saturated rings. The molecular weight excluding hydrogens is 240 g/mol. The van der Waals surface area contributed by atoms with Crippen LogP contribution in [0.15, 0.2) is 10.9 Å². The Morgan fingerprint density at radius 1 is 1.65 bits per heavy atom. The Labute approximate surface area is 104 Å². The summed E-state index contributed by atoms with van der Waals surface area (Å²) in [6.45, 7) is 1.43. The third-order valence-electron chi connectivity index (χ3n) is 2.95. The van der Waals surface area contributed by atoms with Crippen LogP contribution in [-0.2, 0) is 4.74 Å². The van der Waals surface area contributed by atoms with E-state index < -0.39 is 5.60 Å². The van der Waals surface area contributed by atoms with E-state index >= 15 is 0 Å². The van der Waals surface area contributed by atoms with Gasteiger partial charge in [0.2, 0.25) is 0 Å². The van der Waals surface area contributed by atoms with Crippen molar-refractivity contribution in [2.75, 3.05) is 26.8 Å². The van der Waals surface area contributed by atoms with Crippen molar-refractivity contribution in [1.29, 1.82) is 0 Å². The highest BCUT2D eigenvalue weighted by Crippen LogP contribution is 2.21. The molecule has 1 aromatic rings. The minimum absolute atomic E-state index is 0.147. The van der Waals surface area contributed by atoms with Crippen LogP contribution in [0.1, 0.15) is 23.3 Å². The van der Waals surface area contributed by atoms with E-state index in [1.54, 1.807) is 17.9 Å². The molecule has 0 aliphatic carbocycles. The molecule has 0 spiro atoms. The van der Waals surface area contributed by atoms with E-state index in [2.05, 4.69) is 4.98 Å². The van der Waals surface area contributed by atoms with Crippen LogP contribution in [0, 0.1) is 0 Å². The number of aromatic nitrogens is 1. The summed E-state index contributed by atoms with van der Waals surface area (Å²) in [5.74, 6) is -0.147. The monoisotopic (exact) mass is 256 g/mol. The van der Waals surface area contributed by atoms with Crippen molar-refractivity contribution in [3.05, 3.63) is 16.6 Å². The number of ether oxygens (including phenoxy) is 1. The molecule has 0 unspecified atom stereocenters. The van der Waals surface area contributed by atoms with Gasteiger partial charge in [-0.2, -0.15) is 0 Å². The lowest BCUT2D eigenvalue weighted by molar-refractivity contribution is -0.0734. The quantitative estimate of drug-likeness (QED) is 0.867. The maximum atomic E-state index is 11.9. The molecule has 1 aliphatic heterocycles. The Balaban J connectivity index is 1.96. The van der Waals surface area contributed by atoms with E-state index in [-0.39, 0.29) is 5.91 Å². The SMILES string of the molecule is CN(CC1(O)CCOCC1)C(=O)c1cscn1. The lowest BCUT2D eigenvalue weighted by Gasteiger charge is -2.35. The molecule has 1 N–H and O–H groups in total. The number of amides is 1. The molecule has 0 aromatic carbocycles. The van der Waals surface area contributed by atoms with Gasteiger partial charge < -0.3 is 14.7 Å². The topological polar surface area (TPSA) is 62.7 Å². The molecule has 0 saturated carbocycles. The van der Waals surface area contributed by atoms with Gasteiger partial charge in [0.15, 0.2) is 0 Å². The van der Waals surface area contributed by atoms with Gasteiger partial charge in [-0.15, -0.1) is 11.3 Å². The lowest BCUT2D eigenvalue weighted by Crippen LogP contribution is -2.47. The normalized spacial score (nSPS) is 18.9. The molecule has 1 saturated heterocycles. The summed E-state index contributed by atoms with van der Waals surface area (Å²) in [6, 6.07) is 0. The van der Waals surface area contributed by atoms with Gasteiger partial charge >= 0.3 is 0 Å². The highest BCUT2D eigenvalue weighted by atomic mass is 32.1. The maximum Gasteiger partial charge on any atom is 0.273 e. The zero-order valence-corrected chi connectivity index (χ0v) is 10.6. The molecule has 0 bridgehead atoms. The average Bonchev–Trinajstić information content (AvgIpc) is 2.81. The van der Waals surface area contributed by atoms with Crippen molar-refractivity contribution in [2.24, 2.45) is 0 Å². The highest BCUT2D eigenvalue weighted by molar-refractivity contribution is 7.07. The van der Waals surface area contributed by atoms with Crippen LogP contribution in [-0.4, -0.2) is 53.3 Å². The second-order valence-electron chi connectivity index (χ2n) is 4.37. The molecule has 1 amide bonds. The summed E-state index contributed by atoms with van der Waals surface area (Å²) in [7, 11) is 1.69. The molecule has 1 aromatic heterocycles. The second-order valence-corrected chi connectivity index (χ2v) is 5.09. The van der Waals surface area contributed by atoms with E-state index in [4.69, 9.17) is 4.74 Å². The third-order valence-corrected chi connectivity index (χ3v) is 3.54. The fourth-order valence-electron chi connectivity index (χ4n) is 1.94. The first-order valence-electron chi connectivity index (χ1n) is 5.54. The molecule has 1 aliphatic rings. The number of likely N-dealkylation sites (N-methyl/N-ethyl adjacent to an activating group) is 1. The van der Waals surface area contributed by atoms with Gasteiger partial charge in [0.05, 0.1) is 11.1 Å². The van der Waals surface area contributed by atoms with Crippen molar-refractivity contribution >= 4 is 17.2 Å². The number of aliphatic hydroxyl groups is 1. The number of hydrogen-bond acceptors (Lipinski definition) is 5. The van der Waals surface area contributed by atoms with Crippen molar-refractivity contribution in [2.45, 2.75) is 18.4 Å². The van der Waals surface area contributed by atoms with Gasteiger partial charge in [0.1, 0.15) is 5.69 Å². The first-order valence-corrected chi connectivity index (χ1v) is 6.49. The first-order chi connectivity index (χ1) is 8.11. The molecular formula is C11H16N2O3S. The number of hydrogen-bond donors (Lipinski definition) is 1. The van der Waals surface area contributed by atoms with Crippen LogP contribution in [0.3, 0.4) is 0 Å².